The molecule has 1 heterocycles. The van der Waals surface area contributed by atoms with Crippen LogP contribution in [0.2, 0.25) is 0 Å². The molecule has 0 fully saturated rings. The number of rotatable bonds is 1. The summed E-state index contributed by atoms with van der Waals surface area (Å²) in [6.07, 6.45) is 0.993. The van der Waals surface area contributed by atoms with Crippen LogP contribution < -0.4 is 0 Å². The molecule has 84 valence electrons. The van der Waals surface area contributed by atoms with E-state index >= 15 is 0 Å². The molecule has 0 aromatic carbocycles. The molecule has 0 aliphatic carbocycles. The van der Waals surface area contributed by atoms with Gasteiger partial charge in [0.15, 0.2) is 0 Å². The molecule has 0 radical (unpaired) electrons. The van der Waals surface area contributed by atoms with Crippen molar-refractivity contribution in [2.45, 2.75) is 0 Å². The molecule has 1 aromatic heterocycles. The zero-order valence-corrected chi connectivity index (χ0v) is 10.3. The summed E-state index contributed by atoms with van der Waals surface area (Å²) in [7, 11) is -2.04. The van der Waals surface area contributed by atoms with Crippen molar-refractivity contribution in [3.8, 4) is 0 Å². The van der Waals surface area contributed by atoms with Gasteiger partial charge in [-0.15, -0.1) is 0 Å². The highest BCUT2D eigenvalue weighted by Gasteiger charge is 1.90. The van der Waals surface area contributed by atoms with E-state index in [9.17, 15) is 8.42 Å². The van der Waals surface area contributed by atoms with Crippen LogP contribution in [0.15, 0.2) is 47.2 Å². The normalized spacial score (nSPS) is 9.47. The van der Waals surface area contributed by atoms with Gasteiger partial charge in [0.2, 0.25) is 0 Å². The Kier molecular flexibility index (Phi) is 7.89. The van der Waals surface area contributed by atoms with Gasteiger partial charge < -0.3 is 0 Å². The molecule has 0 N–H and O–H groups in total. The average molecular weight is 246 g/mol. The molecule has 1 rings (SSSR count). The predicted molar refractivity (Wildman–Crippen MR) is 63.8 cm³/mol. The lowest BCUT2D eigenvalue weighted by Gasteiger charge is -1.84. The van der Waals surface area contributed by atoms with Crippen LogP contribution in [-0.4, -0.2) is 21.8 Å². The number of hydrogen-bond acceptors (Lipinski definition) is 4. The average Bonchev–Trinajstić information content (AvgIpc) is 2.32. The van der Waals surface area contributed by atoms with E-state index in [1.54, 1.807) is 11.3 Å². The topological polar surface area (TPSA) is 43.4 Å². The molecule has 0 aliphatic rings. The minimum Gasteiger partial charge on any atom is -0.274 e. The Balaban J connectivity index is 0.000000288. The Morgan fingerprint density at radius 1 is 0.933 bits per heavy atom. The molecule has 0 aliphatic heterocycles. The van der Waals surface area contributed by atoms with Gasteiger partial charge in [-0.25, -0.2) is 0 Å². The molecular formula is C10H14O3S2. The molecule has 1 aromatic rings. The molecule has 0 saturated carbocycles. The van der Waals surface area contributed by atoms with Crippen LogP contribution in [0.5, 0.6) is 0 Å². The van der Waals surface area contributed by atoms with E-state index < -0.39 is 10.1 Å². The quantitative estimate of drug-likeness (QED) is 0.715. The summed E-state index contributed by atoms with van der Waals surface area (Å²) in [4.78, 5) is 0. The zero-order chi connectivity index (χ0) is 11.6. The van der Waals surface area contributed by atoms with Crippen LogP contribution in [0.25, 0.3) is 0 Å². The minimum atomic E-state index is -3.16. The fraction of sp³-hybridized carbons (Fsp3) is 0.200. The van der Waals surface area contributed by atoms with E-state index in [2.05, 4.69) is 4.18 Å². The summed E-state index contributed by atoms with van der Waals surface area (Å²) in [6, 6.07) is 12.1. The third kappa shape index (κ3) is 13.1. The molecule has 0 unspecified atom stereocenters. The molecule has 0 spiro atoms. The summed E-state index contributed by atoms with van der Waals surface area (Å²) in [5.74, 6) is 0. The molecule has 0 atom stereocenters. The second kappa shape index (κ2) is 8.40. The second-order valence-electron chi connectivity index (χ2n) is 2.43. The Morgan fingerprint density at radius 2 is 1.27 bits per heavy atom. The molecule has 5 heteroatoms. The van der Waals surface area contributed by atoms with E-state index in [1.807, 2.05) is 47.2 Å². The maximum atomic E-state index is 9.78. The van der Waals surface area contributed by atoms with Crippen LogP contribution >= 0.6 is 11.3 Å². The van der Waals surface area contributed by atoms with Gasteiger partial charge in [0.1, 0.15) is 0 Å². The van der Waals surface area contributed by atoms with E-state index in [4.69, 9.17) is 0 Å². The third-order valence-corrected chi connectivity index (χ3v) is 2.41. The summed E-state index contributed by atoms with van der Waals surface area (Å²) in [5, 5.41) is 4.08. The van der Waals surface area contributed by atoms with Crippen molar-refractivity contribution < 1.29 is 12.6 Å². The number of hydrogen-bond donors (Lipinski definition) is 0. The predicted octanol–water partition coefficient (Wildman–Crippen LogP) is 2.46. The molecule has 15 heavy (non-hydrogen) atoms. The maximum absolute atomic E-state index is 9.78. The first-order valence-corrected chi connectivity index (χ1v) is 6.88. The summed E-state index contributed by atoms with van der Waals surface area (Å²) < 4.78 is 23.5. The van der Waals surface area contributed by atoms with Gasteiger partial charge in [0.25, 0.3) is 10.1 Å². The summed E-state index contributed by atoms with van der Waals surface area (Å²) in [6.45, 7) is 0. The highest BCUT2D eigenvalue weighted by Crippen LogP contribution is 1.88. The monoisotopic (exact) mass is 246 g/mol. The van der Waals surface area contributed by atoms with Gasteiger partial charge in [-0.05, 0) is 10.8 Å². The lowest BCUT2D eigenvalue weighted by atomic mass is 10.5. The van der Waals surface area contributed by atoms with Gasteiger partial charge in [-0.2, -0.15) is 19.8 Å². The maximum Gasteiger partial charge on any atom is 0.264 e. The molecule has 0 bridgehead atoms. The van der Waals surface area contributed by atoms with Crippen molar-refractivity contribution in [2.75, 3.05) is 13.4 Å². The first kappa shape index (κ1) is 14.1. The van der Waals surface area contributed by atoms with Gasteiger partial charge >= 0.3 is 0 Å². The van der Waals surface area contributed by atoms with Crippen LogP contribution in [0.4, 0.5) is 0 Å². The Hall–Kier alpha value is -0.910. The summed E-state index contributed by atoms with van der Waals surface area (Å²) in [5.41, 5.74) is 0. The first-order chi connectivity index (χ1) is 7.06. The van der Waals surface area contributed by atoms with Crippen molar-refractivity contribution >= 4 is 21.5 Å². The fourth-order valence-corrected chi connectivity index (χ4v) is 0.937. The van der Waals surface area contributed by atoms with Crippen molar-refractivity contribution in [1.82, 2.24) is 0 Å². The summed E-state index contributed by atoms with van der Waals surface area (Å²) >= 11 is 1.68. The van der Waals surface area contributed by atoms with Gasteiger partial charge in [0.05, 0.1) is 13.4 Å². The van der Waals surface area contributed by atoms with E-state index in [-0.39, 0.29) is 0 Å². The standard InChI is InChI=1S/C8H8S.C2H6O3S/c1-2-4-6-8-9-7-5-3-1;1-5-6(2,3)4/h1-8H;1-2H3. The van der Waals surface area contributed by atoms with E-state index in [0.29, 0.717) is 0 Å². The van der Waals surface area contributed by atoms with E-state index in [0.717, 1.165) is 13.4 Å². The zero-order valence-electron chi connectivity index (χ0n) is 8.66. The van der Waals surface area contributed by atoms with Crippen LogP contribution in [0, 0.1) is 0 Å². The third-order valence-electron chi connectivity index (χ3n) is 1.17. The molecule has 0 amide bonds. The SMILES string of the molecule is COS(C)(=O)=O.c1ccccsccc1. The molecule has 0 saturated heterocycles. The fourth-order valence-electron chi connectivity index (χ4n) is 0.483. The van der Waals surface area contributed by atoms with Crippen LogP contribution in [0.1, 0.15) is 0 Å². The van der Waals surface area contributed by atoms with Crippen molar-refractivity contribution in [1.29, 1.82) is 0 Å². The van der Waals surface area contributed by atoms with Gasteiger partial charge in [-0.3, -0.25) is 4.18 Å². The second-order valence-corrected chi connectivity index (χ2v) is 4.99. The van der Waals surface area contributed by atoms with E-state index in [1.165, 1.54) is 0 Å². The van der Waals surface area contributed by atoms with Gasteiger partial charge in [-0.1, -0.05) is 36.4 Å². The Labute approximate surface area is 94.8 Å². The van der Waals surface area contributed by atoms with Crippen LogP contribution in [0.3, 0.4) is 0 Å². The van der Waals surface area contributed by atoms with Crippen molar-refractivity contribution in [3.63, 3.8) is 0 Å². The Morgan fingerprint density at radius 3 is 1.60 bits per heavy atom. The minimum absolute atomic E-state index is 0.993. The molecular weight excluding hydrogens is 232 g/mol. The van der Waals surface area contributed by atoms with Crippen LogP contribution in [-0.2, 0) is 14.3 Å². The lowest BCUT2D eigenvalue weighted by Crippen LogP contribution is -1.95. The van der Waals surface area contributed by atoms with Crippen molar-refractivity contribution in [3.05, 3.63) is 47.2 Å². The Bertz CT molecular complexity index is 320. The first-order valence-electron chi connectivity index (χ1n) is 4.12. The smallest absolute Gasteiger partial charge is 0.264 e. The highest BCUT2D eigenvalue weighted by molar-refractivity contribution is 7.85. The largest absolute Gasteiger partial charge is 0.274 e. The lowest BCUT2D eigenvalue weighted by molar-refractivity contribution is 0.403. The molecule has 3 nitrogen and oxygen atoms in total. The van der Waals surface area contributed by atoms with Crippen molar-refractivity contribution in [2.24, 2.45) is 0 Å². The van der Waals surface area contributed by atoms with Gasteiger partial charge in [0, 0.05) is 0 Å². The highest BCUT2D eigenvalue weighted by atomic mass is 32.2.